The van der Waals surface area contributed by atoms with Gasteiger partial charge in [-0.3, -0.25) is 9.69 Å². The van der Waals surface area contributed by atoms with Crippen LogP contribution in [0.25, 0.3) is 0 Å². The molecular weight excluding hydrogens is 428 g/mol. The zero-order valence-electron chi connectivity index (χ0n) is 19.5. The summed E-state index contributed by atoms with van der Waals surface area (Å²) in [5, 5.41) is 12.1. The molecule has 2 fully saturated rings. The number of amides is 1. The van der Waals surface area contributed by atoms with E-state index < -0.39 is 0 Å². The Kier molecular flexibility index (Phi) is 6.87. The standard InChI is InChI=1S/C27H32N4O3/c28-18-21-4-8-22(9-5-21)27(32)29-23-10-6-20(7-11-23)12-13-30-14-16-31(17-15-30)24-2-1-3-25-26(24)34-19-33-25/h1-5,8-9,20,23H,6-7,10-17,19H2,(H,29,32)/t20-,23-. The molecule has 2 aromatic carbocycles. The van der Waals surface area contributed by atoms with Crippen LogP contribution in [0, 0.1) is 17.2 Å². The van der Waals surface area contributed by atoms with Gasteiger partial charge in [0.25, 0.3) is 5.91 Å². The van der Waals surface area contributed by atoms with E-state index in [1.54, 1.807) is 24.3 Å². The largest absolute Gasteiger partial charge is 0.454 e. The van der Waals surface area contributed by atoms with Crippen LogP contribution >= 0.6 is 0 Å². The number of anilines is 1. The minimum Gasteiger partial charge on any atom is -0.454 e. The van der Waals surface area contributed by atoms with Gasteiger partial charge in [-0.2, -0.15) is 5.26 Å². The Labute approximate surface area is 201 Å². The monoisotopic (exact) mass is 460 g/mol. The summed E-state index contributed by atoms with van der Waals surface area (Å²) in [4.78, 5) is 17.5. The highest BCUT2D eigenvalue weighted by Crippen LogP contribution is 2.41. The Morgan fingerprint density at radius 3 is 2.50 bits per heavy atom. The topological polar surface area (TPSA) is 77.8 Å². The predicted molar refractivity (Wildman–Crippen MR) is 130 cm³/mol. The summed E-state index contributed by atoms with van der Waals surface area (Å²) in [6.45, 7) is 5.61. The summed E-state index contributed by atoms with van der Waals surface area (Å²) in [5.41, 5.74) is 2.35. The Hall–Kier alpha value is -3.24. The second-order valence-corrected chi connectivity index (χ2v) is 9.51. The summed E-state index contributed by atoms with van der Waals surface area (Å²) >= 11 is 0. The van der Waals surface area contributed by atoms with E-state index in [9.17, 15) is 4.79 Å². The van der Waals surface area contributed by atoms with Gasteiger partial charge in [-0.05, 0) is 81.0 Å². The van der Waals surface area contributed by atoms with Crippen LogP contribution in [0.1, 0.15) is 48.0 Å². The fourth-order valence-electron chi connectivity index (χ4n) is 5.30. The van der Waals surface area contributed by atoms with Gasteiger partial charge in [0.05, 0.1) is 17.3 Å². The Morgan fingerprint density at radius 1 is 1.00 bits per heavy atom. The summed E-state index contributed by atoms with van der Waals surface area (Å²) in [7, 11) is 0. The molecule has 0 atom stereocenters. The number of carbonyl (C=O) groups excluding carboxylic acids is 1. The van der Waals surface area contributed by atoms with E-state index >= 15 is 0 Å². The molecule has 1 N–H and O–H groups in total. The molecule has 34 heavy (non-hydrogen) atoms. The number of hydrogen-bond donors (Lipinski definition) is 1. The van der Waals surface area contributed by atoms with Crippen molar-refractivity contribution in [3.8, 4) is 17.6 Å². The first-order valence-electron chi connectivity index (χ1n) is 12.4. The number of carbonyl (C=O) groups is 1. The Morgan fingerprint density at radius 2 is 1.76 bits per heavy atom. The zero-order chi connectivity index (χ0) is 23.3. The van der Waals surface area contributed by atoms with Crippen molar-refractivity contribution in [1.82, 2.24) is 10.2 Å². The third kappa shape index (κ3) is 5.13. The molecule has 0 radical (unpaired) electrons. The molecule has 5 rings (SSSR count). The molecule has 178 valence electrons. The van der Waals surface area contributed by atoms with Crippen LogP contribution in [-0.4, -0.2) is 56.4 Å². The maximum absolute atomic E-state index is 12.5. The van der Waals surface area contributed by atoms with Crippen LogP contribution in [0.15, 0.2) is 42.5 Å². The smallest absolute Gasteiger partial charge is 0.251 e. The lowest BCUT2D eigenvalue weighted by Crippen LogP contribution is -2.47. The number of nitrogens with one attached hydrogen (secondary N) is 1. The van der Waals surface area contributed by atoms with Crippen molar-refractivity contribution in [2.75, 3.05) is 44.4 Å². The van der Waals surface area contributed by atoms with E-state index in [-0.39, 0.29) is 11.9 Å². The Balaban J connectivity index is 1.02. The lowest BCUT2D eigenvalue weighted by Gasteiger charge is -2.37. The summed E-state index contributed by atoms with van der Waals surface area (Å²) in [6.07, 6.45) is 5.66. The highest BCUT2D eigenvalue weighted by atomic mass is 16.7. The molecule has 0 unspecified atom stereocenters. The first kappa shape index (κ1) is 22.5. The molecule has 7 nitrogen and oxygen atoms in total. The second kappa shape index (κ2) is 10.4. The number of ether oxygens (including phenoxy) is 2. The van der Waals surface area contributed by atoms with E-state index in [1.807, 2.05) is 12.1 Å². The molecule has 0 spiro atoms. The first-order chi connectivity index (χ1) is 16.7. The second-order valence-electron chi connectivity index (χ2n) is 9.51. The number of piperazine rings is 1. The van der Waals surface area contributed by atoms with E-state index in [4.69, 9.17) is 14.7 Å². The van der Waals surface area contributed by atoms with Crippen molar-refractivity contribution in [2.45, 2.75) is 38.1 Å². The molecule has 2 aliphatic heterocycles. The van der Waals surface area contributed by atoms with Crippen molar-refractivity contribution in [1.29, 1.82) is 5.26 Å². The van der Waals surface area contributed by atoms with Crippen molar-refractivity contribution >= 4 is 11.6 Å². The number of nitriles is 1. The van der Waals surface area contributed by atoms with Gasteiger partial charge >= 0.3 is 0 Å². The average Bonchev–Trinajstić information content (AvgIpc) is 3.38. The summed E-state index contributed by atoms with van der Waals surface area (Å²) in [6, 6.07) is 15.3. The highest BCUT2D eigenvalue weighted by Gasteiger charge is 2.26. The molecule has 0 aromatic heterocycles. The van der Waals surface area contributed by atoms with Crippen molar-refractivity contribution in [3.05, 3.63) is 53.6 Å². The van der Waals surface area contributed by atoms with Gasteiger partial charge in [-0.1, -0.05) is 6.07 Å². The van der Waals surface area contributed by atoms with Gasteiger partial charge in [0.1, 0.15) is 0 Å². The molecule has 7 heteroatoms. The number of benzene rings is 2. The molecule has 3 aliphatic rings. The van der Waals surface area contributed by atoms with Crippen LogP contribution in [0.3, 0.4) is 0 Å². The SMILES string of the molecule is N#Cc1ccc(C(=O)N[C@H]2CC[C@H](CCN3CCN(c4cccc5c4OCO5)CC3)CC2)cc1. The van der Waals surface area contributed by atoms with Crippen LogP contribution in [0.5, 0.6) is 11.5 Å². The van der Waals surface area contributed by atoms with Crippen molar-refractivity contribution < 1.29 is 14.3 Å². The van der Waals surface area contributed by atoms with Crippen molar-refractivity contribution in [2.24, 2.45) is 5.92 Å². The average molecular weight is 461 g/mol. The van der Waals surface area contributed by atoms with Gasteiger partial charge in [-0.15, -0.1) is 0 Å². The number of fused-ring (bicyclic) bond motifs is 1. The quantitative estimate of drug-likeness (QED) is 0.707. The van der Waals surface area contributed by atoms with Gasteiger partial charge in [0.15, 0.2) is 11.5 Å². The predicted octanol–water partition coefficient (Wildman–Crippen LogP) is 3.79. The van der Waals surface area contributed by atoms with Crippen molar-refractivity contribution in [3.63, 3.8) is 0 Å². The number of hydrogen-bond acceptors (Lipinski definition) is 6. The molecule has 0 bridgehead atoms. The zero-order valence-corrected chi connectivity index (χ0v) is 19.5. The minimum absolute atomic E-state index is 0.0353. The van der Waals surface area contributed by atoms with Gasteiger partial charge in [0, 0.05) is 37.8 Å². The molecule has 1 amide bonds. The maximum Gasteiger partial charge on any atom is 0.251 e. The summed E-state index contributed by atoms with van der Waals surface area (Å²) in [5.74, 6) is 2.44. The number of rotatable bonds is 6. The molecule has 1 saturated carbocycles. The van der Waals surface area contributed by atoms with Gasteiger partial charge in [0.2, 0.25) is 6.79 Å². The first-order valence-corrected chi connectivity index (χ1v) is 12.4. The molecule has 1 aliphatic carbocycles. The van der Waals surface area contributed by atoms with E-state index in [0.29, 0.717) is 17.9 Å². The lowest BCUT2D eigenvalue weighted by molar-refractivity contribution is 0.0919. The normalized spacial score (nSPS) is 22.3. The van der Waals surface area contributed by atoms with E-state index in [1.165, 1.54) is 19.3 Å². The third-order valence-corrected chi connectivity index (χ3v) is 7.40. The van der Waals surface area contributed by atoms with Crippen LogP contribution in [0.2, 0.25) is 0 Å². The lowest BCUT2D eigenvalue weighted by atomic mass is 9.84. The van der Waals surface area contributed by atoms with E-state index in [2.05, 4.69) is 27.3 Å². The number of para-hydroxylation sites is 1. The Bertz CT molecular complexity index is 1030. The maximum atomic E-state index is 12.5. The third-order valence-electron chi connectivity index (χ3n) is 7.40. The van der Waals surface area contributed by atoms with Gasteiger partial charge in [-0.25, -0.2) is 0 Å². The van der Waals surface area contributed by atoms with Crippen LogP contribution in [-0.2, 0) is 0 Å². The van der Waals surface area contributed by atoms with E-state index in [0.717, 1.165) is 68.7 Å². The molecule has 2 aromatic rings. The van der Waals surface area contributed by atoms with Crippen LogP contribution in [0.4, 0.5) is 5.69 Å². The van der Waals surface area contributed by atoms with Crippen LogP contribution < -0.4 is 19.7 Å². The number of nitrogens with zero attached hydrogens (tertiary/aromatic N) is 3. The highest BCUT2D eigenvalue weighted by molar-refractivity contribution is 5.94. The fraction of sp³-hybridized carbons (Fsp3) is 0.481. The fourth-order valence-corrected chi connectivity index (χ4v) is 5.30. The summed E-state index contributed by atoms with van der Waals surface area (Å²) < 4.78 is 11.2. The molecular formula is C27H32N4O3. The van der Waals surface area contributed by atoms with Gasteiger partial charge < -0.3 is 19.7 Å². The molecule has 2 heterocycles. The molecule has 1 saturated heterocycles. The minimum atomic E-state index is -0.0353.